The van der Waals surface area contributed by atoms with Crippen LogP contribution in [0, 0.1) is 0 Å². The Balaban J connectivity index is 1.93. The molecule has 0 unspecified atom stereocenters. The lowest BCUT2D eigenvalue weighted by Crippen LogP contribution is -2.13. The van der Waals surface area contributed by atoms with E-state index in [0.29, 0.717) is 30.9 Å². The number of ether oxygens (including phenoxy) is 1. The van der Waals surface area contributed by atoms with Crippen molar-refractivity contribution in [2.75, 3.05) is 11.9 Å². The molecule has 0 saturated heterocycles. The van der Waals surface area contributed by atoms with Gasteiger partial charge in [-0.1, -0.05) is 30.3 Å². The number of carboxylic acid groups (broad SMARTS) is 1. The number of hydrogen-bond acceptors (Lipinski definition) is 3. The van der Waals surface area contributed by atoms with Crippen molar-refractivity contribution >= 4 is 17.6 Å². The van der Waals surface area contributed by atoms with E-state index in [1.807, 2.05) is 31.2 Å². The van der Waals surface area contributed by atoms with Crippen LogP contribution in [-0.4, -0.2) is 23.6 Å². The lowest BCUT2D eigenvalue weighted by atomic mass is 10.0. The largest absolute Gasteiger partial charge is 0.478 e. The van der Waals surface area contributed by atoms with Gasteiger partial charge in [0, 0.05) is 18.7 Å². The van der Waals surface area contributed by atoms with E-state index in [1.165, 1.54) is 0 Å². The first-order chi connectivity index (χ1) is 11.6. The number of amides is 1. The molecule has 5 nitrogen and oxygen atoms in total. The van der Waals surface area contributed by atoms with Crippen LogP contribution in [0.25, 0.3) is 0 Å². The van der Waals surface area contributed by atoms with Crippen molar-refractivity contribution in [2.45, 2.75) is 26.4 Å². The standard InChI is InChI=1S/C19H21NO4/c1-2-24-13-14-6-5-8-16(12-14)20-18(21)11-10-15-7-3-4-9-17(15)19(22)23/h3-9,12H,2,10-11,13H2,1H3,(H,20,21)(H,22,23). The average molecular weight is 327 g/mol. The minimum atomic E-state index is -0.977. The molecule has 0 saturated carbocycles. The van der Waals surface area contributed by atoms with Crippen molar-refractivity contribution in [3.63, 3.8) is 0 Å². The zero-order chi connectivity index (χ0) is 17.4. The van der Waals surface area contributed by atoms with Crippen LogP contribution in [0.4, 0.5) is 5.69 Å². The summed E-state index contributed by atoms with van der Waals surface area (Å²) in [7, 11) is 0. The zero-order valence-corrected chi connectivity index (χ0v) is 13.6. The molecule has 0 atom stereocenters. The van der Waals surface area contributed by atoms with Crippen LogP contribution in [-0.2, 0) is 22.6 Å². The van der Waals surface area contributed by atoms with E-state index in [4.69, 9.17) is 9.84 Å². The van der Waals surface area contributed by atoms with E-state index >= 15 is 0 Å². The predicted octanol–water partition coefficient (Wildman–Crippen LogP) is 3.49. The molecule has 0 aliphatic carbocycles. The second-order valence-corrected chi connectivity index (χ2v) is 5.35. The van der Waals surface area contributed by atoms with Crippen molar-refractivity contribution < 1.29 is 19.4 Å². The second-order valence-electron chi connectivity index (χ2n) is 5.35. The van der Waals surface area contributed by atoms with Gasteiger partial charge in [0.15, 0.2) is 0 Å². The Kier molecular flexibility index (Phi) is 6.51. The molecule has 5 heteroatoms. The third-order valence-corrected chi connectivity index (χ3v) is 3.55. The van der Waals surface area contributed by atoms with Crippen molar-refractivity contribution in [3.05, 3.63) is 65.2 Å². The molecule has 0 aromatic heterocycles. The summed E-state index contributed by atoms with van der Waals surface area (Å²) in [5.74, 6) is -1.13. The minimum Gasteiger partial charge on any atom is -0.478 e. The lowest BCUT2D eigenvalue weighted by Gasteiger charge is -2.09. The van der Waals surface area contributed by atoms with Crippen LogP contribution in [0.2, 0.25) is 0 Å². The van der Waals surface area contributed by atoms with E-state index in [2.05, 4.69) is 5.32 Å². The fourth-order valence-electron chi connectivity index (χ4n) is 2.38. The molecular weight excluding hydrogens is 306 g/mol. The number of aryl methyl sites for hydroxylation is 1. The van der Waals surface area contributed by atoms with Gasteiger partial charge in [-0.25, -0.2) is 4.79 Å². The highest BCUT2D eigenvalue weighted by Crippen LogP contribution is 2.14. The van der Waals surface area contributed by atoms with Crippen LogP contribution >= 0.6 is 0 Å². The second kappa shape index (κ2) is 8.84. The normalized spacial score (nSPS) is 10.4. The van der Waals surface area contributed by atoms with Gasteiger partial charge < -0.3 is 15.2 Å². The van der Waals surface area contributed by atoms with Crippen LogP contribution in [0.15, 0.2) is 48.5 Å². The highest BCUT2D eigenvalue weighted by Gasteiger charge is 2.11. The van der Waals surface area contributed by atoms with Crippen molar-refractivity contribution in [2.24, 2.45) is 0 Å². The van der Waals surface area contributed by atoms with Gasteiger partial charge in [-0.2, -0.15) is 0 Å². The molecule has 0 spiro atoms. The molecular formula is C19H21NO4. The van der Waals surface area contributed by atoms with E-state index in [-0.39, 0.29) is 17.9 Å². The van der Waals surface area contributed by atoms with Crippen molar-refractivity contribution in [3.8, 4) is 0 Å². The smallest absolute Gasteiger partial charge is 0.335 e. The highest BCUT2D eigenvalue weighted by molar-refractivity contribution is 5.92. The summed E-state index contributed by atoms with van der Waals surface area (Å²) in [6.07, 6.45) is 0.604. The maximum absolute atomic E-state index is 12.1. The topological polar surface area (TPSA) is 75.6 Å². The van der Waals surface area contributed by atoms with Gasteiger partial charge in [-0.15, -0.1) is 0 Å². The summed E-state index contributed by atoms with van der Waals surface area (Å²) in [4.78, 5) is 23.3. The number of rotatable bonds is 8. The number of hydrogen-bond donors (Lipinski definition) is 2. The maximum Gasteiger partial charge on any atom is 0.335 e. The number of nitrogens with one attached hydrogen (secondary N) is 1. The Hall–Kier alpha value is -2.66. The Morgan fingerprint density at radius 1 is 1.12 bits per heavy atom. The number of carbonyl (C=O) groups is 2. The van der Waals surface area contributed by atoms with Gasteiger partial charge in [0.1, 0.15) is 0 Å². The SMILES string of the molecule is CCOCc1cccc(NC(=O)CCc2ccccc2C(=O)O)c1. The molecule has 0 aliphatic heterocycles. The molecule has 2 N–H and O–H groups in total. The minimum absolute atomic E-state index is 0.149. The van der Waals surface area contributed by atoms with Crippen molar-refractivity contribution in [1.29, 1.82) is 0 Å². The third-order valence-electron chi connectivity index (χ3n) is 3.55. The van der Waals surface area contributed by atoms with Gasteiger partial charge in [0.05, 0.1) is 12.2 Å². The van der Waals surface area contributed by atoms with Crippen LogP contribution in [0.5, 0.6) is 0 Å². The summed E-state index contributed by atoms with van der Waals surface area (Å²) in [5.41, 5.74) is 2.60. The van der Waals surface area contributed by atoms with Crippen LogP contribution in [0.3, 0.4) is 0 Å². The van der Waals surface area contributed by atoms with Gasteiger partial charge in [0.2, 0.25) is 5.91 Å². The quantitative estimate of drug-likeness (QED) is 0.778. The van der Waals surface area contributed by atoms with Gasteiger partial charge >= 0.3 is 5.97 Å². The summed E-state index contributed by atoms with van der Waals surface area (Å²) >= 11 is 0. The average Bonchev–Trinajstić information content (AvgIpc) is 2.58. The molecule has 1 amide bonds. The molecule has 0 fully saturated rings. The van der Waals surface area contributed by atoms with E-state index < -0.39 is 5.97 Å². The first-order valence-electron chi connectivity index (χ1n) is 7.88. The summed E-state index contributed by atoms with van der Waals surface area (Å²) < 4.78 is 5.35. The number of carbonyl (C=O) groups excluding carboxylic acids is 1. The van der Waals surface area contributed by atoms with E-state index in [0.717, 1.165) is 5.56 Å². The van der Waals surface area contributed by atoms with Crippen LogP contribution < -0.4 is 5.32 Å². The lowest BCUT2D eigenvalue weighted by molar-refractivity contribution is -0.116. The maximum atomic E-state index is 12.1. The molecule has 0 aliphatic rings. The van der Waals surface area contributed by atoms with Crippen LogP contribution in [0.1, 0.15) is 34.8 Å². The number of carboxylic acids is 1. The van der Waals surface area contributed by atoms with Gasteiger partial charge in [-0.05, 0) is 42.7 Å². The molecule has 24 heavy (non-hydrogen) atoms. The summed E-state index contributed by atoms with van der Waals surface area (Å²) in [6, 6.07) is 14.2. The van der Waals surface area contributed by atoms with Crippen molar-refractivity contribution in [1.82, 2.24) is 0 Å². The first-order valence-corrected chi connectivity index (χ1v) is 7.88. The third kappa shape index (κ3) is 5.21. The Morgan fingerprint density at radius 2 is 1.92 bits per heavy atom. The Labute approximate surface area is 141 Å². The zero-order valence-electron chi connectivity index (χ0n) is 13.6. The number of aromatic carboxylic acids is 1. The molecule has 2 aromatic rings. The molecule has 2 rings (SSSR count). The Bertz CT molecular complexity index is 712. The molecule has 0 heterocycles. The molecule has 0 radical (unpaired) electrons. The summed E-state index contributed by atoms with van der Waals surface area (Å²) in [6.45, 7) is 3.08. The van der Waals surface area contributed by atoms with Gasteiger partial charge in [-0.3, -0.25) is 4.79 Å². The fraction of sp³-hybridized carbons (Fsp3) is 0.263. The predicted molar refractivity (Wildman–Crippen MR) is 92.1 cm³/mol. The van der Waals surface area contributed by atoms with Gasteiger partial charge in [0.25, 0.3) is 0 Å². The Morgan fingerprint density at radius 3 is 2.67 bits per heavy atom. The molecule has 126 valence electrons. The highest BCUT2D eigenvalue weighted by atomic mass is 16.5. The number of anilines is 1. The monoisotopic (exact) mass is 327 g/mol. The fourth-order valence-corrected chi connectivity index (χ4v) is 2.38. The summed E-state index contributed by atoms with van der Waals surface area (Å²) in [5, 5.41) is 12.0. The van der Waals surface area contributed by atoms with E-state index in [1.54, 1.807) is 24.3 Å². The van der Waals surface area contributed by atoms with E-state index in [9.17, 15) is 9.59 Å². The molecule has 0 bridgehead atoms. The first kappa shape index (κ1) is 17.7. The number of benzene rings is 2. The molecule has 2 aromatic carbocycles.